The Morgan fingerprint density at radius 2 is 1.89 bits per heavy atom. The monoisotopic (exact) mass is 516 g/mol. The van der Waals surface area contributed by atoms with Crippen molar-refractivity contribution in [3.05, 3.63) is 71.4 Å². The molecule has 3 aromatic rings. The molecule has 1 aliphatic heterocycles. The van der Waals surface area contributed by atoms with E-state index >= 15 is 0 Å². The topological polar surface area (TPSA) is 122 Å². The van der Waals surface area contributed by atoms with E-state index in [0.717, 1.165) is 30.0 Å². The highest BCUT2D eigenvalue weighted by atomic mass is 19.1. The number of anilines is 1. The number of hydrogen-bond donors (Lipinski definition) is 3. The fourth-order valence-electron chi connectivity index (χ4n) is 4.44. The number of aliphatic hydroxyl groups excluding tert-OH is 2. The number of Topliss-reactive ketones (excluding diaryl/α,β-unsaturated/α-hetero) is 1. The van der Waals surface area contributed by atoms with Gasteiger partial charge in [0.2, 0.25) is 0 Å². The van der Waals surface area contributed by atoms with Crippen molar-refractivity contribution >= 4 is 11.5 Å². The van der Waals surface area contributed by atoms with E-state index in [1.54, 1.807) is 12.3 Å². The van der Waals surface area contributed by atoms with E-state index in [2.05, 4.69) is 9.97 Å². The summed E-state index contributed by atoms with van der Waals surface area (Å²) in [5.41, 5.74) is 5.81. The highest BCUT2D eigenvalue weighted by molar-refractivity contribution is 5.97. The first kappa shape index (κ1) is 26.5. The molecule has 0 aliphatic carbocycles. The number of piperidine rings is 1. The number of nitrogens with zero attached hydrogens (tertiary/aromatic N) is 3. The van der Waals surface area contributed by atoms with Crippen molar-refractivity contribution in [3.63, 3.8) is 0 Å². The van der Waals surface area contributed by atoms with Crippen LogP contribution >= 0.6 is 0 Å². The highest BCUT2D eigenvalue weighted by Crippen LogP contribution is 2.31. The SMILES string of the molecule is C[C@H]1CN(c2ccncc2CC(=O)c2ccc(F)c(-c3c(F)cc(OCCO)cc3F)n2)C[C@@H](N)[C@@H]1O. The molecule has 1 fully saturated rings. The number of carbonyl (C=O) groups excluding carboxylic acids is 1. The molecule has 0 bridgehead atoms. The van der Waals surface area contributed by atoms with Gasteiger partial charge in [-0.1, -0.05) is 6.92 Å². The van der Waals surface area contributed by atoms with Crippen molar-refractivity contribution in [1.29, 1.82) is 0 Å². The minimum absolute atomic E-state index is 0.0907. The van der Waals surface area contributed by atoms with Gasteiger partial charge in [-0.3, -0.25) is 9.78 Å². The second kappa shape index (κ2) is 11.2. The van der Waals surface area contributed by atoms with Gasteiger partial charge in [-0.2, -0.15) is 0 Å². The maximum atomic E-state index is 14.7. The number of hydrogen-bond acceptors (Lipinski definition) is 8. The summed E-state index contributed by atoms with van der Waals surface area (Å²) >= 11 is 0. The number of pyridine rings is 2. The third-order valence-electron chi connectivity index (χ3n) is 6.27. The van der Waals surface area contributed by atoms with Crippen molar-refractivity contribution in [2.75, 3.05) is 31.2 Å². The van der Waals surface area contributed by atoms with Crippen molar-refractivity contribution in [2.24, 2.45) is 11.7 Å². The lowest BCUT2D eigenvalue weighted by molar-refractivity contribution is 0.0784. The molecule has 2 aromatic heterocycles. The third-order valence-corrected chi connectivity index (χ3v) is 6.27. The first-order valence-corrected chi connectivity index (χ1v) is 11.7. The number of ether oxygens (including phenoxy) is 1. The van der Waals surface area contributed by atoms with Crippen LogP contribution < -0.4 is 15.4 Å². The molecule has 3 heterocycles. The van der Waals surface area contributed by atoms with Crippen LogP contribution in [0.2, 0.25) is 0 Å². The normalized spacial score (nSPS) is 19.6. The Morgan fingerprint density at radius 1 is 1.16 bits per heavy atom. The van der Waals surface area contributed by atoms with Gasteiger partial charge in [0.05, 0.1) is 18.3 Å². The fourth-order valence-corrected chi connectivity index (χ4v) is 4.44. The quantitative estimate of drug-likeness (QED) is 0.391. The van der Waals surface area contributed by atoms with Gasteiger partial charge in [0.25, 0.3) is 0 Å². The van der Waals surface area contributed by atoms with Crippen LogP contribution in [0.3, 0.4) is 0 Å². The Bertz CT molecular complexity index is 1260. The second-order valence-corrected chi connectivity index (χ2v) is 9.00. The summed E-state index contributed by atoms with van der Waals surface area (Å²) in [6.45, 7) is 2.27. The fraction of sp³-hybridized carbons (Fsp3) is 0.346. The van der Waals surface area contributed by atoms with Crippen molar-refractivity contribution < 1.29 is 32.9 Å². The smallest absolute Gasteiger partial charge is 0.185 e. The van der Waals surface area contributed by atoms with Gasteiger partial charge in [0.1, 0.15) is 41.2 Å². The first-order chi connectivity index (χ1) is 17.7. The molecule has 8 nitrogen and oxygen atoms in total. The molecule has 0 spiro atoms. The Kier molecular flexibility index (Phi) is 8.06. The molecular formula is C26H27F3N4O4. The number of rotatable bonds is 8. The molecule has 11 heteroatoms. The number of aliphatic hydroxyl groups is 2. The van der Waals surface area contributed by atoms with Gasteiger partial charge in [-0.05, 0) is 18.2 Å². The lowest BCUT2D eigenvalue weighted by Crippen LogP contribution is -2.55. The van der Waals surface area contributed by atoms with E-state index in [9.17, 15) is 23.1 Å². The molecule has 4 N–H and O–H groups in total. The van der Waals surface area contributed by atoms with Crippen LogP contribution in [0.15, 0.2) is 42.7 Å². The summed E-state index contributed by atoms with van der Waals surface area (Å²) in [4.78, 5) is 23.2. The minimum Gasteiger partial charge on any atom is -0.491 e. The molecule has 196 valence electrons. The highest BCUT2D eigenvalue weighted by Gasteiger charge is 2.32. The van der Waals surface area contributed by atoms with Crippen molar-refractivity contribution in [2.45, 2.75) is 25.5 Å². The molecule has 1 saturated heterocycles. The molecule has 1 aliphatic rings. The van der Waals surface area contributed by atoms with E-state index in [1.807, 2.05) is 11.8 Å². The average Bonchev–Trinajstić information content (AvgIpc) is 2.86. The average molecular weight is 517 g/mol. The number of halogens is 3. The summed E-state index contributed by atoms with van der Waals surface area (Å²) in [6.07, 6.45) is 2.32. The molecule has 0 amide bonds. The largest absolute Gasteiger partial charge is 0.491 e. The number of benzene rings is 1. The van der Waals surface area contributed by atoms with Crippen LogP contribution in [-0.2, 0) is 6.42 Å². The molecular weight excluding hydrogens is 489 g/mol. The van der Waals surface area contributed by atoms with Crippen molar-refractivity contribution in [1.82, 2.24) is 9.97 Å². The molecule has 0 saturated carbocycles. The van der Waals surface area contributed by atoms with E-state index in [1.165, 1.54) is 6.20 Å². The summed E-state index contributed by atoms with van der Waals surface area (Å²) < 4.78 is 49.1. The lowest BCUT2D eigenvalue weighted by atomic mass is 9.92. The zero-order valence-corrected chi connectivity index (χ0v) is 20.1. The third kappa shape index (κ3) is 5.74. The molecule has 0 radical (unpaired) electrons. The summed E-state index contributed by atoms with van der Waals surface area (Å²) in [5.74, 6) is -4.04. The van der Waals surface area contributed by atoms with Crippen LogP contribution in [0.25, 0.3) is 11.3 Å². The molecule has 37 heavy (non-hydrogen) atoms. The zero-order valence-electron chi connectivity index (χ0n) is 20.1. The molecule has 0 unspecified atom stereocenters. The van der Waals surface area contributed by atoms with Crippen molar-refractivity contribution in [3.8, 4) is 17.0 Å². The Balaban J connectivity index is 1.61. The zero-order chi connectivity index (χ0) is 26.7. The Labute approximate surface area is 211 Å². The van der Waals surface area contributed by atoms with Crippen LogP contribution in [0.1, 0.15) is 23.0 Å². The van der Waals surface area contributed by atoms with Crippen LogP contribution in [0.4, 0.5) is 18.9 Å². The Hall–Kier alpha value is -3.54. The second-order valence-electron chi connectivity index (χ2n) is 9.00. The van der Waals surface area contributed by atoms with Gasteiger partial charge >= 0.3 is 0 Å². The Morgan fingerprint density at radius 3 is 2.57 bits per heavy atom. The summed E-state index contributed by atoms with van der Waals surface area (Å²) in [6, 6.07) is 5.07. The molecule has 3 atom stereocenters. The van der Waals surface area contributed by atoms with Gasteiger partial charge < -0.3 is 25.6 Å². The van der Waals surface area contributed by atoms with E-state index in [-0.39, 0.29) is 37.0 Å². The molecule has 1 aromatic carbocycles. The van der Waals surface area contributed by atoms with Crippen LogP contribution in [0.5, 0.6) is 5.75 Å². The van der Waals surface area contributed by atoms with E-state index in [4.69, 9.17) is 15.6 Å². The minimum atomic E-state index is -1.13. The predicted octanol–water partition coefficient (Wildman–Crippen LogP) is 2.50. The lowest BCUT2D eigenvalue weighted by Gasteiger charge is -2.40. The van der Waals surface area contributed by atoms with Gasteiger partial charge in [0.15, 0.2) is 5.78 Å². The van der Waals surface area contributed by atoms with Gasteiger partial charge in [0, 0.05) is 67.2 Å². The van der Waals surface area contributed by atoms with Gasteiger partial charge in [-0.25, -0.2) is 18.2 Å². The number of carbonyl (C=O) groups is 1. The number of ketones is 1. The first-order valence-electron chi connectivity index (χ1n) is 11.7. The van der Waals surface area contributed by atoms with E-state index < -0.39 is 46.6 Å². The maximum absolute atomic E-state index is 14.7. The summed E-state index contributed by atoms with van der Waals surface area (Å²) in [7, 11) is 0. The number of nitrogens with two attached hydrogens (primary N) is 1. The predicted molar refractivity (Wildman–Crippen MR) is 130 cm³/mol. The number of aromatic nitrogens is 2. The van der Waals surface area contributed by atoms with Gasteiger partial charge in [-0.15, -0.1) is 0 Å². The van der Waals surface area contributed by atoms with E-state index in [0.29, 0.717) is 18.7 Å². The van der Waals surface area contributed by atoms with Crippen LogP contribution in [-0.4, -0.2) is 64.4 Å². The summed E-state index contributed by atoms with van der Waals surface area (Å²) in [5, 5.41) is 19.0. The van der Waals surface area contributed by atoms with Crippen LogP contribution in [0, 0.1) is 23.4 Å². The maximum Gasteiger partial charge on any atom is 0.185 e. The molecule has 4 rings (SSSR count). The standard InChI is InChI=1S/C26H27F3N4O4/c1-14-12-33(13-20(30)26(14)36)22-4-5-31-11-15(22)8-23(35)21-3-2-17(27)25(32-21)24-18(28)9-16(10-19(24)29)37-7-6-34/h2-5,9-11,14,20,26,34,36H,6-8,12-13,30H2,1H3/t14-,20+,26+/m0/s1.